The third-order valence-electron chi connectivity index (χ3n) is 5.21. The van der Waals surface area contributed by atoms with E-state index in [1.165, 1.54) is 6.33 Å². The Morgan fingerprint density at radius 3 is 2.93 bits per heavy atom. The quantitative estimate of drug-likeness (QED) is 0.380. The normalized spacial score (nSPS) is 16.8. The Labute approximate surface area is 176 Å². The van der Waals surface area contributed by atoms with Gasteiger partial charge in [0.15, 0.2) is 5.75 Å². The first-order valence-corrected chi connectivity index (χ1v) is 10.4. The van der Waals surface area contributed by atoms with E-state index in [0.29, 0.717) is 17.1 Å². The first-order chi connectivity index (χ1) is 14.1. The summed E-state index contributed by atoms with van der Waals surface area (Å²) in [4.78, 5) is 26.3. The molecule has 4 rings (SSSR count). The lowest BCUT2D eigenvalue weighted by molar-refractivity contribution is -0.385. The maximum atomic E-state index is 12.0. The van der Waals surface area contributed by atoms with Crippen molar-refractivity contribution in [3.05, 3.63) is 51.4 Å². The van der Waals surface area contributed by atoms with Crippen LogP contribution in [0, 0.1) is 10.1 Å². The van der Waals surface area contributed by atoms with Crippen molar-refractivity contribution < 1.29 is 9.66 Å². The summed E-state index contributed by atoms with van der Waals surface area (Å²) in [6, 6.07) is 7.49. The fraction of sp³-hybridized carbons (Fsp3) is 0.350. The van der Waals surface area contributed by atoms with Crippen LogP contribution in [0.1, 0.15) is 32.6 Å². The number of ether oxygens (including phenoxy) is 1. The van der Waals surface area contributed by atoms with E-state index >= 15 is 0 Å². The van der Waals surface area contributed by atoms with Gasteiger partial charge in [-0.3, -0.25) is 15.1 Å². The van der Waals surface area contributed by atoms with E-state index in [-0.39, 0.29) is 17.6 Å². The molecule has 0 amide bonds. The second-order valence-electron chi connectivity index (χ2n) is 6.91. The molecule has 1 atom stereocenters. The summed E-state index contributed by atoms with van der Waals surface area (Å²) in [6.45, 7) is 2.83. The second-order valence-corrected chi connectivity index (χ2v) is 7.76. The van der Waals surface area contributed by atoms with Crippen LogP contribution in [0.2, 0.25) is 0 Å². The van der Waals surface area contributed by atoms with E-state index in [1.807, 2.05) is 23.1 Å². The number of pyridine rings is 1. The number of anilines is 1. The highest BCUT2D eigenvalue weighted by molar-refractivity contribution is 9.10. The minimum Gasteiger partial charge on any atom is -0.431 e. The zero-order valence-electron chi connectivity index (χ0n) is 15.9. The number of hydrogen-bond donors (Lipinski definition) is 0. The average Bonchev–Trinajstić information content (AvgIpc) is 2.75. The summed E-state index contributed by atoms with van der Waals surface area (Å²) >= 11 is 3.50. The maximum Gasteiger partial charge on any atom is 0.373 e. The summed E-state index contributed by atoms with van der Waals surface area (Å²) in [5.74, 6) is 0.651. The number of benzene rings is 1. The van der Waals surface area contributed by atoms with Gasteiger partial charge in [-0.05, 0) is 43.9 Å². The van der Waals surface area contributed by atoms with E-state index in [1.54, 1.807) is 12.3 Å². The molecule has 150 valence electrons. The number of hydrogen-bond acceptors (Lipinski definition) is 7. The zero-order valence-corrected chi connectivity index (χ0v) is 17.5. The standard InChI is InChI=1S/C20H20BrN5O3/c1-2-13-6-3-4-11-25(13)19-18(26(27)28)20(24-12-23-19)29-16-9-8-15(21)14-7-5-10-22-17(14)16/h5,7-10,12-13H,2-4,6,11H2,1H3. The molecule has 0 aliphatic carbocycles. The van der Waals surface area contributed by atoms with Gasteiger partial charge in [0.2, 0.25) is 5.82 Å². The van der Waals surface area contributed by atoms with Gasteiger partial charge in [0.25, 0.3) is 0 Å². The number of nitro groups is 1. The summed E-state index contributed by atoms with van der Waals surface area (Å²) in [7, 11) is 0. The van der Waals surface area contributed by atoms with Gasteiger partial charge in [0.1, 0.15) is 11.8 Å². The molecule has 3 heterocycles. The number of rotatable bonds is 5. The van der Waals surface area contributed by atoms with Gasteiger partial charge in [-0.15, -0.1) is 0 Å². The van der Waals surface area contributed by atoms with Crippen molar-refractivity contribution in [3.8, 4) is 11.6 Å². The van der Waals surface area contributed by atoms with Crippen LogP contribution in [-0.2, 0) is 0 Å². The number of piperidine rings is 1. The fourth-order valence-electron chi connectivity index (χ4n) is 3.80. The smallest absolute Gasteiger partial charge is 0.373 e. The number of nitrogens with zero attached hydrogens (tertiary/aromatic N) is 5. The molecule has 0 bridgehead atoms. The molecule has 8 nitrogen and oxygen atoms in total. The Morgan fingerprint density at radius 2 is 2.14 bits per heavy atom. The van der Waals surface area contributed by atoms with Crippen molar-refractivity contribution in [1.29, 1.82) is 0 Å². The SMILES string of the molecule is CCC1CCCCN1c1ncnc(Oc2ccc(Br)c3cccnc23)c1[N+](=O)[O-]. The van der Waals surface area contributed by atoms with Crippen molar-refractivity contribution in [1.82, 2.24) is 15.0 Å². The lowest BCUT2D eigenvalue weighted by Crippen LogP contribution is -2.40. The lowest BCUT2D eigenvalue weighted by Gasteiger charge is -2.35. The van der Waals surface area contributed by atoms with Crippen molar-refractivity contribution in [2.45, 2.75) is 38.6 Å². The number of halogens is 1. The Morgan fingerprint density at radius 1 is 1.28 bits per heavy atom. The molecular formula is C20H20BrN5O3. The van der Waals surface area contributed by atoms with Gasteiger partial charge in [-0.1, -0.05) is 28.9 Å². The van der Waals surface area contributed by atoms with Crippen molar-refractivity contribution in [3.63, 3.8) is 0 Å². The Bertz CT molecular complexity index is 1060. The van der Waals surface area contributed by atoms with Crippen LogP contribution < -0.4 is 9.64 Å². The highest BCUT2D eigenvalue weighted by Crippen LogP contribution is 2.40. The molecule has 1 aromatic carbocycles. The summed E-state index contributed by atoms with van der Waals surface area (Å²) in [5.41, 5.74) is 0.389. The van der Waals surface area contributed by atoms with Crippen LogP contribution in [0.3, 0.4) is 0 Å². The van der Waals surface area contributed by atoms with Crippen LogP contribution in [-0.4, -0.2) is 32.5 Å². The summed E-state index contributed by atoms with van der Waals surface area (Å²) in [6.07, 6.45) is 6.98. The molecule has 1 unspecified atom stereocenters. The number of fused-ring (bicyclic) bond motifs is 1. The second kappa shape index (κ2) is 8.28. The zero-order chi connectivity index (χ0) is 20.4. The first-order valence-electron chi connectivity index (χ1n) is 9.57. The lowest BCUT2D eigenvalue weighted by atomic mass is 10.00. The molecule has 0 spiro atoms. The van der Waals surface area contributed by atoms with Gasteiger partial charge >= 0.3 is 11.6 Å². The highest BCUT2D eigenvalue weighted by Gasteiger charge is 2.33. The van der Waals surface area contributed by atoms with Crippen LogP contribution in [0.4, 0.5) is 11.5 Å². The van der Waals surface area contributed by atoms with Crippen molar-refractivity contribution >= 4 is 38.3 Å². The molecule has 29 heavy (non-hydrogen) atoms. The van der Waals surface area contributed by atoms with Gasteiger partial charge in [0, 0.05) is 28.6 Å². The Balaban J connectivity index is 1.79. The predicted octanol–water partition coefficient (Wildman–Crippen LogP) is 5.26. The minimum atomic E-state index is -0.458. The Kier molecular flexibility index (Phi) is 5.57. The van der Waals surface area contributed by atoms with Crippen molar-refractivity contribution in [2.75, 3.05) is 11.4 Å². The molecular weight excluding hydrogens is 438 g/mol. The predicted molar refractivity (Wildman–Crippen MR) is 113 cm³/mol. The number of aromatic nitrogens is 3. The monoisotopic (exact) mass is 457 g/mol. The molecule has 1 aliphatic heterocycles. The summed E-state index contributed by atoms with van der Waals surface area (Å²) in [5, 5.41) is 12.8. The van der Waals surface area contributed by atoms with Gasteiger partial charge in [-0.2, -0.15) is 4.98 Å². The fourth-order valence-corrected chi connectivity index (χ4v) is 4.25. The van der Waals surface area contributed by atoms with Crippen LogP contribution in [0.5, 0.6) is 11.6 Å². The molecule has 0 radical (unpaired) electrons. The molecule has 2 aromatic heterocycles. The van der Waals surface area contributed by atoms with Gasteiger partial charge in [0.05, 0.1) is 4.92 Å². The summed E-state index contributed by atoms with van der Waals surface area (Å²) < 4.78 is 6.80. The van der Waals surface area contributed by atoms with Gasteiger partial charge in [-0.25, -0.2) is 4.98 Å². The van der Waals surface area contributed by atoms with E-state index in [2.05, 4.69) is 37.8 Å². The molecule has 1 saturated heterocycles. The van der Waals surface area contributed by atoms with E-state index in [0.717, 1.165) is 42.1 Å². The molecule has 0 saturated carbocycles. The Hall–Kier alpha value is -2.81. The third-order valence-corrected chi connectivity index (χ3v) is 5.90. The third kappa shape index (κ3) is 3.74. The van der Waals surface area contributed by atoms with Crippen LogP contribution in [0.15, 0.2) is 41.3 Å². The largest absolute Gasteiger partial charge is 0.431 e. The highest BCUT2D eigenvalue weighted by atomic mass is 79.9. The van der Waals surface area contributed by atoms with E-state index in [4.69, 9.17) is 4.74 Å². The molecule has 1 aliphatic rings. The minimum absolute atomic E-state index is 0.0743. The van der Waals surface area contributed by atoms with Gasteiger partial charge < -0.3 is 9.64 Å². The average molecular weight is 458 g/mol. The molecule has 9 heteroatoms. The van der Waals surface area contributed by atoms with E-state index < -0.39 is 4.92 Å². The van der Waals surface area contributed by atoms with Crippen molar-refractivity contribution in [2.24, 2.45) is 0 Å². The van der Waals surface area contributed by atoms with Crippen LogP contribution >= 0.6 is 15.9 Å². The first kappa shape index (κ1) is 19.5. The molecule has 0 N–H and O–H groups in total. The topological polar surface area (TPSA) is 94.3 Å². The molecule has 3 aromatic rings. The van der Waals surface area contributed by atoms with Crippen LogP contribution in [0.25, 0.3) is 10.9 Å². The maximum absolute atomic E-state index is 12.0. The van der Waals surface area contributed by atoms with E-state index in [9.17, 15) is 10.1 Å². The molecule has 1 fully saturated rings.